The van der Waals surface area contributed by atoms with Gasteiger partial charge in [0, 0.05) is 19.6 Å². The molecule has 0 aromatic heterocycles. The van der Waals surface area contributed by atoms with E-state index in [9.17, 15) is 10.1 Å². The highest BCUT2D eigenvalue weighted by molar-refractivity contribution is 4.97. The van der Waals surface area contributed by atoms with Crippen molar-refractivity contribution in [2.75, 3.05) is 19.6 Å². The first-order valence-corrected chi connectivity index (χ1v) is 4.58. The topological polar surface area (TPSA) is 58.4 Å². The molecular weight excluding hydrogens is 170 g/mol. The lowest BCUT2D eigenvalue weighted by Crippen LogP contribution is -2.40. The summed E-state index contributed by atoms with van der Waals surface area (Å²) in [6.07, 6.45) is 3.11. The first kappa shape index (κ1) is 9.83. The van der Waals surface area contributed by atoms with E-state index in [1.807, 2.05) is 4.90 Å². The first-order chi connectivity index (χ1) is 6.24. The van der Waals surface area contributed by atoms with Crippen molar-refractivity contribution in [3.05, 3.63) is 22.1 Å². The Morgan fingerprint density at radius 2 is 2.54 bits per heavy atom. The number of hydrogen-bond acceptors (Lipinski definition) is 4. The minimum atomic E-state index is -0.406. The van der Waals surface area contributed by atoms with Crippen LogP contribution < -0.4 is 5.32 Å². The SMILES string of the molecule is CCCN1CCCN/C1=C\[N+](=O)[O-]. The molecule has 0 unspecified atom stereocenters. The van der Waals surface area contributed by atoms with Gasteiger partial charge in [-0.3, -0.25) is 10.1 Å². The maximum Gasteiger partial charge on any atom is 0.274 e. The molecule has 0 saturated carbocycles. The summed E-state index contributed by atoms with van der Waals surface area (Å²) < 4.78 is 0. The molecule has 1 aliphatic rings. The van der Waals surface area contributed by atoms with E-state index in [1.54, 1.807) is 0 Å². The Morgan fingerprint density at radius 3 is 3.15 bits per heavy atom. The van der Waals surface area contributed by atoms with Crippen molar-refractivity contribution in [2.45, 2.75) is 19.8 Å². The van der Waals surface area contributed by atoms with Gasteiger partial charge in [0.05, 0.1) is 4.92 Å². The second-order valence-electron chi connectivity index (χ2n) is 3.07. The highest BCUT2D eigenvalue weighted by Crippen LogP contribution is 2.08. The molecule has 0 spiro atoms. The zero-order valence-electron chi connectivity index (χ0n) is 7.82. The fraction of sp³-hybridized carbons (Fsp3) is 0.750. The monoisotopic (exact) mass is 185 g/mol. The summed E-state index contributed by atoms with van der Waals surface area (Å²) in [5, 5.41) is 13.3. The highest BCUT2D eigenvalue weighted by Gasteiger charge is 2.15. The Bertz CT molecular complexity index is 213. The second-order valence-corrected chi connectivity index (χ2v) is 3.07. The summed E-state index contributed by atoms with van der Waals surface area (Å²) in [5.74, 6) is 0.651. The molecule has 1 rings (SSSR count). The number of nitrogens with one attached hydrogen (secondary N) is 1. The smallest absolute Gasteiger partial charge is 0.274 e. The molecule has 0 aliphatic carbocycles. The minimum Gasteiger partial charge on any atom is -0.367 e. The predicted molar refractivity (Wildman–Crippen MR) is 49.6 cm³/mol. The summed E-state index contributed by atoms with van der Waals surface area (Å²) in [5.41, 5.74) is 0. The number of hydrogen-bond donors (Lipinski definition) is 1. The van der Waals surface area contributed by atoms with Gasteiger partial charge in [-0.05, 0) is 12.8 Å². The van der Waals surface area contributed by atoms with E-state index in [-0.39, 0.29) is 0 Å². The number of nitrogens with zero attached hydrogens (tertiary/aromatic N) is 2. The van der Waals surface area contributed by atoms with Crippen LogP contribution >= 0.6 is 0 Å². The van der Waals surface area contributed by atoms with E-state index in [1.165, 1.54) is 0 Å². The van der Waals surface area contributed by atoms with E-state index in [2.05, 4.69) is 12.2 Å². The third-order valence-corrected chi connectivity index (χ3v) is 1.97. The highest BCUT2D eigenvalue weighted by atomic mass is 16.6. The van der Waals surface area contributed by atoms with Gasteiger partial charge >= 0.3 is 0 Å². The van der Waals surface area contributed by atoms with Crippen molar-refractivity contribution < 1.29 is 4.92 Å². The van der Waals surface area contributed by atoms with Crippen LogP contribution in [0.2, 0.25) is 0 Å². The largest absolute Gasteiger partial charge is 0.367 e. The Balaban J connectivity index is 2.61. The van der Waals surface area contributed by atoms with Crippen LogP contribution in [-0.4, -0.2) is 29.5 Å². The van der Waals surface area contributed by atoms with E-state index >= 15 is 0 Å². The molecule has 1 fully saturated rings. The van der Waals surface area contributed by atoms with Crippen LogP contribution in [0.5, 0.6) is 0 Å². The fourth-order valence-electron chi connectivity index (χ4n) is 1.45. The average molecular weight is 185 g/mol. The molecule has 0 bridgehead atoms. The molecule has 13 heavy (non-hydrogen) atoms. The summed E-state index contributed by atoms with van der Waals surface area (Å²) >= 11 is 0. The number of nitro groups is 1. The molecule has 0 amide bonds. The van der Waals surface area contributed by atoms with Gasteiger partial charge in [-0.25, -0.2) is 0 Å². The average Bonchev–Trinajstić information content (AvgIpc) is 2.08. The van der Waals surface area contributed by atoms with Crippen molar-refractivity contribution in [1.29, 1.82) is 0 Å². The molecular formula is C8H15N3O2. The summed E-state index contributed by atoms with van der Waals surface area (Å²) in [4.78, 5) is 11.9. The molecule has 5 heteroatoms. The van der Waals surface area contributed by atoms with Crippen LogP contribution in [0.25, 0.3) is 0 Å². The van der Waals surface area contributed by atoms with Gasteiger partial charge in [-0.2, -0.15) is 0 Å². The number of rotatable bonds is 3. The molecule has 0 radical (unpaired) electrons. The maximum atomic E-state index is 10.3. The third-order valence-electron chi connectivity index (χ3n) is 1.97. The molecule has 1 N–H and O–H groups in total. The van der Waals surface area contributed by atoms with E-state index in [0.717, 1.165) is 38.7 Å². The quantitative estimate of drug-likeness (QED) is 0.521. The molecule has 1 heterocycles. The zero-order chi connectivity index (χ0) is 9.68. The van der Waals surface area contributed by atoms with Crippen molar-refractivity contribution in [3.8, 4) is 0 Å². The van der Waals surface area contributed by atoms with Crippen LogP contribution in [0, 0.1) is 10.1 Å². The second kappa shape index (κ2) is 4.69. The zero-order valence-corrected chi connectivity index (χ0v) is 7.82. The molecule has 5 nitrogen and oxygen atoms in total. The first-order valence-electron chi connectivity index (χ1n) is 4.58. The molecule has 1 saturated heterocycles. The summed E-state index contributed by atoms with van der Waals surface area (Å²) in [7, 11) is 0. The van der Waals surface area contributed by atoms with Crippen molar-refractivity contribution in [2.24, 2.45) is 0 Å². The Hall–Kier alpha value is -1.26. The lowest BCUT2D eigenvalue weighted by Gasteiger charge is -2.30. The van der Waals surface area contributed by atoms with Gasteiger partial charge < -0.3 is 10.2 Å². The molecule has 74 valence electrons. The molecule has 0 aromatic rings. The minimum absolute atomic E-state index is 0.406. The normalized spacial score (nSPS) is 20.1. The van der Waals surface area contributed by atoms with Gasteiger partial charge in [0.1, 0.15) is 0 Å². The maximum absolute atomic E-state index is 10.3. The van der Waals surface area contributed by atoms with E-state index in [4.69, 9.17) is 0 Å². The van der Waals surface area contributed by atoms with Crippen LogP contribution in [0.15, 0.2) is 12.0 Å². The van der Waals surface area contributed by atoms with Gasteiger partial charge in [0.25, 0.3) is 6.20 Å². The lowest BCUT2D eigenvalue weighted by atomic mass is 10.3. The Morgan fingerprint density at radius 1 is 1.77 bits per heavy atom. The van der Waals surface area contributed by atoms with E-state index in [0.29, 0.717) is 5.82 Å². The Kier molecular flexibility index (Phi) is 3.54. The van der Waals surface area contributed by atoms with Crippen molar-refractivity contribution in [3.63, 3.8) is 0 Å². The molecule has 0 aromatic carbocycles. The summed E-state index contributed by atoms with van der Waals surface area (Å²) in [6.45, 7) is 4.70. The van der Waals surface area contributed by atoms with Crippen LogP contribution in [0.3, 0.4) is 0 Å². The van der Waals surface area contributed by atoms with Gasteiger partial charge in [0.2, 0.25) is 0 Å². The van der Waals surface area contributed by atoms with Crippen LogP contribution in [-0.2, 0) is 0 Å². The van der Waals surface area contributed by atoms with Gasteiger partial charge in [-0.15, -0.1) is 0 Å². The standard InChI is InChI=1S/C8H15N3O2/c1-2-5-10-6-3-4-9-8(10)7-11(12)13/h7,9H,2-6H2,1H3/b8-7+. The van der Waals surface area contributed by atoms with Gasteiger partial charge in [-0.1, -0.05) is 6.92 Å². The molecule has 0 atom stereocenters. The lowest BCUT2D eigenvalue weighted by molar-refractivity contribution is -0.404. The molecule has 1 aliphatic heterocycles. The van der Waals surface area contributed by atoms with E-state index < -0.39 is 4.92 Å². The van der Waals surface area contributed by atoms with Crippen molar-refractivity contribution in [1.82, 2.24) is 10.2 Å². The van der Waals surface area contributed by atoms with Crippen LogP contribution in [0.4, 0.5) is 0 Å². The van der Waals surface area contributed by atoms with Crippen LogP contribution in [0.1, 0.15) is 19.8 Å². The summed E-state index contributed by atoms with van der Waals surface area (Å²) in [6, 6.07) is 0. The Labute approximate surface area is 77.6 Å². The van der Waals surface area contributed by atoms with Crippen molar-refractivity contribution >= 4 is 0 Å². The van der Waals surface area contributed by atoms with Gasteiger partial charge in [0.15, 0.2) is 5.82 Å². The third kappa shape index (κ3) is 2.93. The predicted octanol–water partition coefficient (Wildman–Crippen LogP) is 0.767. The fourth-order valence-corrected chi connectivity index (χ4v) is 1.45.